The molecule has 2 nitrogen and oxygen atoms in total. The minimum absolute atomic E-state index is 0.125. The molecular weight excluding hydrogens is 345 g/mol. The van der Waals surface area contributed by atoms with Crippen LogP contribution in [0.1, 0.15) is 55.4 Å². The molecule has 0 atom stereocenters. The molecule has 0 rings (SSSR count). The number of hydrogen-bond donors (Lipinski definition) is 0. The molecule has 5 heteroatoms. The van der Waals surface area contributed by atoms with Crippen molar-refractivity contribution in [2.75, 3.05) is 37.0 Å². The molecule has 0 aliphatic heterocycles. The molecule has 0 aromatic heterocycles. The van der Waals surface area contributed by atoms with Crippen LogP contribution in [0.25, 0.3) is 0 Å². The Hall–Kier alpha value is 0.694. The molecule has 0 saturated heterocycles. The number of carbonyl (C=O) groups is 2. The van der Waals surface area contributed by atoms with Crippen LogP contribution in [0.4, 0.5) is 0 Å². The minimum atomic E-state index is -0.125. The van der Waals surface area contributed by atoms with Crippen LogP contribution in [0.15, 0.2) is 0 Å². The van der Waals surface area contributed by atoms with Crippen molar-refractivity contribution in [2.24, 2.45) is 0 Å². The fraction of sp³-hybridized carbons (Fsp3) is 0.875. The molecule has 0 heterocycles. The average molecular weight is 381 g/mol. The van der Waals surface area contributed by atoms with Gasteiger partial charge < -0.3 is 0 Å². The first-order valence-electron chi connectivity index (χ1n) is 7.86. The van der Waals surface area contributed by atoms with Crippen LogP contribution in [-0.4, -0.2) is 46.5 Å². The van der Waals surface area contributed by atoms with Gasteiger partial charge in [0.25, 0.3) is 0 Å². The van der Waals surface area contributed by atoms with Crippen LogP contribution >= 0.6 is 15.8 Å². The van der Waals surface area contributed by atoms with Gasteiger partial charge in [0.2, 0.25) is 0 Å². The Morgan fingerprint density at radius 1 is 0.619 bits per heavy atom. The van der Waals surface area contributed by atoms with Gasteiger partial charge in [-0.15, -0.1) is 15.8 Å². The molecule has 0 aliphatic rings. The van der Waals surface area contributed by atoms with E-state index in [1.807, 2.05) is 0 Å². The van der Waals surface area contributed by atoms with E-state index in [0.29, 0.717) is 30.3 Å². The van der Waals surface area contributed by atoms with E-state index in [2.05, 4.69) is 41.5 Å². The van der Waals surface area contributed by atoms with Crippen LogP contribution in [0, 0.1) is 0 Å². The molecule has 0 spiro atoms. The van der Waals surface area contributed by atoms with Crippen LogP contribution < -0.4 is 0 Å². The van der Waals surface area contributed by atoms with E-state index in [1.54, 1.807) is 0 Å². The summed E-state index contributed by atoms with van der Waals surface area (Å²) in [4.78, 5) is 20.0. The second kappa shape index (κ2) is 20.7. The summed E-state index contributed by atoms with van der Waals surface area (Å²) in [5.41, 5.74) is 0. The van der Waals surface area contributed by atoms with Gasteiger partial charge in [0, 0.05) is 0 Å². The van der Waals surface area contributed by atoms with Gasteiger partial charge >= 0.3 is 47.4 Å². The van der Waals surface area contributed by atoms with Gasteiger partial charge in [0.15, 0.2) is 0 Å². The van der Waals surface area contributed by atoms with Crippen molar-refractivity contribution in [1.29, 1.82) is 0 Å². The van der Waals surface area contributed by atoms with E-state index >= 15 is 0 Å². The van der Waals surface area contributed by atoms with E-state index in [-0.39, 0.29) is 9.51 Å². The summed E-state index contributed by atoms with van der Waals surface area (Å²) in [5.74, 6) is 0. The quantitative estimate of drug-likeness (QED) is 0.427. The zero-order valence-electron chi connectivity index (χ0n) is 15.3. The molecule has 132 valence electrons. The SMILES string of the molecule is CCP(CC)CC.CCP(CC)CC.C[C](=O)[Ni][C](C)=O. The van der Waals surface area contributed by atoms with Crippen LogP contribution in [-0.2, 0) is 24.0 Å². The Morgan fingerprint density at radius 3 is 0.810 bits per heavy atom. The zero-order chi connectivity index (χ0) is 17.3. The molecule has 0 amide bonds. The first kappa shape index (κ1) is 26.6. The summed E-state index contributed by atoms with van der Waals surface area (Å²) in [6.45, 7) is 16.5. The molecule has 0 saturated carbocycles. The number of rotatable bonds is 8. The molecule has 21 heavy (non-hydrogen) atoms. The van der Waals surface area contributed by atoms with E-state index < -0.39 is 0 Å². The third kappa shape index (κ3) is 25.9. The van der Waals surface area contributed by atoms with Crippen molar-refractivity contribution in [1.82, 2.24) is 0 Å². The van der Waals surface area contributed by atoms with Crippen molar-refractivity contribution in [3.8, 4) is 0 Å². The van der Waals surface area contributed by atoms with Gasteiger partial charge in [-0.25, -0.2) is 0 Å². The van der Waals surface area contributed by atoms with Crippen LogP contribution in [0.5, 0.6) is 0 Å². The maximum atomic E-state index is 10.0. The third-order valence-corrected chi connectivity index (χ3v) is 8.97. The zero-order valence-corrected chi connectivity index (χ0v) is 18.0. The predicted molar refractivity (Wildman–Crippen MR) is 98.4 cm³/mol. The van der Waals surface area contributed by atoms with Gasteiger partial charge in [-0.3, -0.25) is 0 Å². The molecular formula is C16H36NiO2P2. The number of hydrogen-bond acceptors (Lipinski definition) is 2. The normalized spacial score (nSPS) is 9.81. The second-order valence-corrected chi connectivity index (χ2v) is 12.3. The Labute approximate surface area is 141 Å². The van der Waals surface area contributed by atoms with E-state index in [9.17, 15) is 9.59 Å². The summed E-state index contributed by atoms with van der Waals surface area (Å²) in [6, 6.07) is 0. The van der Waals surface area contributed by atoms with E-state index in [0.717, 1.165) is 0 Å². The average Bonchev–Trinajstić information content (AvgIpc) is 2.42. The van der Waals surface area contributed by atoms with Crippen molar-refractivity contribution >= 4 is 25.3 Å². The monoisotopic (exact) mass is 380 g/mol. The van der Waals surface area contributed by atoms with Crippen LogP contribution in [0.3, 0.4) is 0 Å². The van der Waals surface area contributed by atoms with Crippen LogP contribution in [0.2, 0.25) is 0 Å². The topological polar surface area (TPSA) is 34.1 Å². The molecule has 0 N–H and O–H groups in total. The molecule has 0 radical (unpaired) electrons. The van der Waals surface area contributed by atoms with E-state index in [4.69, 9.17) is 0 Å². The first-order chi connectivity index (χ1) is 9.82. The Bertz CT molecular complexity index is 205. The van der Waals surface area contributed by atoms with Crippen molar-refractivity contribution < 1.29 is 24.0 Å². The standard InChI is InChI=1S/2C6H15P.2C2H3O.Ni/c2*1-4-7(5-2)6-3;2*1-2-3;/h2*4-6H2,1-3H3;2*1H3;. The summed E-state index contributed by atoms with van der Waals surface area (Å²) in [7, 11) is 0.892. The Morgan fingerprint density at radius 2 is 0.810 bits per heavy atom. The molecule has 0 bridgehead atoms. The summed E-state index contributed by atoms with van der Waals surface area (Å²) in [6.07, 6.45) is 8.51. The number of carbonyl (C=O) groups excluding carboxylic acids is 2. The van der Waals surface area contributed by atoms with Crippen molar-refractivity contribution in [3.63, 3.8) is 0 Å². The van der Waals surface area contributed by atoms with Gasteiger partial charge in [-0.05, 0) is 37.0 Å². The third-order valence-electron chi connectivity index (χ3n) is 2.91. The molecule has 0 fully saturated rings. The van der Waals surface area contributed by atoms with Crippen molar-refractivity contribution in [2.45, 2.75) is 55.4 Å². The summed E-state index contributed by atoms with van der Waals surface area (Å²) in [5, 5.41) is 0. The molecule has 0 unspecified atom stereocenters. The van der Waals surface area contributed by atoms with Gasteiger partial charge in [0.1, 0.15) is 0 Å². The van der Waals surface area contributed by atoms with E-state index in [1.165, 1.54) is 50.8 Å². The fourth-order valence-electron chi connectivity index (χ4n) is 1.50. The maximum absolute atomic E-state index is 10.0. The second-order valence-electron chi connectivity index (χ2n) is 4.17. The van der Waals surface area contributed by atoms with Crippen molar-refractivity contribution in [3.05, 3.63) is 0 Å². The molecule has 0 aromatic rings. The summed E-state index contributed by atoms with van der Waals surface area (Å²) < 4.78 is -0.250. The molecule has 0 aliphatic carbocycles. The predicted octanol–water partition coefficient (Wildman–Crippen LogP) is 5.22. The van der Waals surface area contributed by atoms with Gasteiger partial charge in [-0.1, -0.05) is 41.5 Å². The molecule has 0 aromatic carbocycles. The Balaban J connectivity index is -0.000000231. The fourth-order valence-corrected chi connectivity index (χ4v) is 4.67. The van der Waals surface area contributed by atoms with Gasteiger partial charge in [-0.2, -0.15) is 0 Å². The first-order valence-corrected chi connectivity index (χ1v) is 12.6. The van der Waals surface area contributed by atoms with Gasteiger partial charge in [0.05, 0.1) is 0 Å². The Kier molecular flexibility index (Phi) is 26.2. The summed E-state index contributed by atoms with van der Waals surface area (Å²) >= 11 is 0.569.